The molecule has 17 nitrogen and oxygen atoms in total. The van der Waals surface area contributed by atoms with Crippen LogP contribution in [0.3, 0.4) is 0 Å². The number of unbranched alkanes of at least 4 members (excludes halogenated alkanes) is 39. The summed E-state index contributed by atoms with van der Waals surface area (Å²) in [6, 6.07) is 0. The third-order valence-electron chi connectivity index (χ3n) is 18.8. The van der Waals surface area contributed by atoms with E-state index < -0.39 is 97.5 Å². The summed E-state index contributed by atoms with van der Waals surface area (Å²) in [5, 5.41) is 10.6. The van der Waals surface area contributed by atoms with E-state index in [1.165, 1.54) is 193 Å². The van der Waals surface area contributed by atoms with Crippen molar-refractivity contribution in [1.29, 1.82) is 0 Å². The van der Waals surface area contributed by atoms with Gasteiger partial charge < -0.3 is 33.8 Å². The van der Waals surface area contributed by atoms with Crippen LogP contribution in [0.15, 0.2) is 0 Å². The molecule has 0 saturated carbocycles. The van der Waals surface area contributed by atoms with Crippen molar-refractivity contribution >= 4 is 39.5 Å². The molecule has 0 bridgehead atoms. The summed E-state index contributed by atoms with van der Waals surface area (Å²) in [5.74, 6) is 0.961. The lowest BCUT2D eigenvalue weighted by Gasteiger charge is -2.21. The lowest BCUT2D eigenvalue weighted by molar-refractivity contribution is -0.161. The number of rotatable bonds is 75. The summed E-state index contributed by atoms with van der Waals surface area (Å²) in [6.45, 7) is 14.2. The van der Waals surface area contributed by atoms with Crippen molar-refractivity contribution in [3.8, 4) is 0 Å². The Bertz CT molecular complexity index is 1910. The first-order valence-corrected chi connectivity index (χ1v) is 43.3. The van der Waals surface area contributed by atoms with E-state index in [0.29, 0.717) is 31.6 Å². The number of esters is 4. The Morgan fingerprint density at radius 3 is 0.732 bits per heavy atom. The van der Waals surface area contributed by atoms with E-state index in [4.69, 9.17) is 37.0 Å². The molecule has 3 N–H and O–H groups in total. The number of hydrogen-bond acceptors (Lipinski definition) is 15. The lowest BCUT2D eigenvalue weighted by atomic mass is 9.99. The molecule has 576 valence electrons. The van der Waals surface area contributed by atoms with Crippen LogP contribution in [0.5, 0.6) is 0 Å². The summed E-state index contributed by atoms with van der Waals surface area (Å²) < 4.78 is 68.5. The third kappa shape index (κ3) is 69.5. The van der Waals surface area contributed by atoms with Crippen molar-refractivity contribution in [3.05, 3.63) is 0 Å². The highest BCUT2D eigenvalue weighted by atomic mass is 31.2. The van der Waals surface area contributed by atoms with Gasteiger partial charge in [-0.3, -0.25) is 37.3 Å². The van der Waals surface area contributed by atoms with Gasteiger partial charge in [-0.15, -0.1) is 0 Å². The minimum absolute atomic E-state index is 0.102. The first-order valence-electron chi connectivity index (χ1n) is 40.3. The smallest absolute Gasteiger partial charge is 0.462 e. The highest BCUT2D eigenvalue weighted by molar-refractivity contribution is 7.47. The third-order valence-corrected chi connectivity index (χ3v) is 20.7. The summed E-state index contributed by atoms with van der Waals surface area (Å²) in [6.07, 6.45) is 52.9. The first-order chi connectivity index (χ1) is 46.7. The monoisotopic (exact) mass is 1420 g/mol. The summed E-state index contributed by atoms with van der Waals surface area (Å²) in [5.41, 5.74) is 0. The van der Waals surface area contributed by atoms with Crippen LogP contribution in [0.1, 0.15) is 396 Å². The normalized spacial score (nSPS) is 14.6. The van der Waals surface area contributed by atoms with E-state index in [2.05, 4.69) is 55.4 Å². The minimum Gasteiger partial charge on any atom is -0.462 e. The van der Waals surface area contributed by atoms with Crippen molar-refractivity contribution < 1.29 is 80.2 Å². The number of phosphoric acid groups is 2. The van der Waals surface area contributed by atoms with Crippen molar-refractivity contribution in [1.82, 2.24) is 0 Å². The van der Waals surface area contributed by atoms with Crippen molar-refractivity contribution in [2.24, 2.45) is 23.7 Å². The van der Waals surface area contributed by atoms with Gasteiger partial charge in [0.25, 0.3) is 0 Å². The molecule has 19 heteroatoms. The standard InChI is InChI=1S/C78H152O17P2/c1-9-70(7)56-48-40-32-26-22-18-15-16-20-24-28-34-44-52-60-77(82)94-73(64-88-75(80)58-50-42-33-27-23-19-14-12-11-13-17-21-25-30-38-46-54-68(3)4)66-92-96(84,85)90-62-72(79)63-91-97(86,87)93-67-74(95-78(83)61-53-45-37-36-41-49-57-71(8)10-2)65-89-76(81)59-51-43-35-29-31-39-47-55-69(5)6/h68-74,79H,9-67H2,1-8H3,(H,84,85)(H,86,87)/t70?,71?,72?,73-,74-/m1/s1. The molecule has 0 spiro atoms. The van der Waals surface area contributed by atoms with Gasteiger partial charge in [-0.05, 0) is 49.4 Å². The van der Waals surface area contributed by atoms with Crippen LogP contribution >= 0.6 is 15.6 Å². The van der Waals surface area contributed by atoms with E-state index in [1.54, 1.807) is 0 Å². The zero-order valence-electron chi connectivity index (χ0n) is 63.7. The second-order valence-corrected chi connectivity index (χ2v) is 32.4. The highest BCUT2D eigenvalue weighted by Gasteiger charge is 2.30. The van der Waals surface area contributed by atoms with E-state index >= 15 is 0 Å². The maximum atomic E-state index is 13.1. The molecule has 0 aliphatic rings. The summed E-state index contributed by atoms with van der Waals surface area (Å²) in [4.78, 5) is 72.8. The van der Waals surface area contributed by atoms with Crippen molar-refractivity contribution in [3.63, 3.8) is 0 Å². The average molecular weight is 1420 g/mol. The molecule has 0 rings (SSSR count). The highest BCUT2D eigenvalue weighted by Crippen LogP contribution is 2.45. The van der Waals surface area contributed by atoms with Crippen LogP contribution in [0.2, 0.25) is 0 Å². The molecule has 0 fully saturated rings. The van der Waals surface area contributed by atoms with Crippen LogP contribution in [-0.4, -0.2) is 96.7 Å². The van der Waals surface area contributed by atoms with Crippen LogP contribution in [0, 0.1) is 23.7 Å². The topological polar surface area (TPSA) is 237 Å². The number of phosphoric ester groups is 2. The molecule has 0 aromatic heterocycles. The molecule has 0 saturated heterocycles. The van der Waals surface area contributed by atoms with E-state index in [1.807, 2.05) is 0 Å². The summed E-state index contributed by atoms with van der Waals surface area (Å²) in [7, 11) is -9.91. The van der Waals surface area contributed by atoms with Crippen LogP contribution in [0.4, 0.5) is 0 Å². The molecular weight excluding hydrogens is 1270 g/mol. The van der Waals surface area contributed by atoms with Gasteiger partial charge in [0.1, 0.15) is 19.3 Å². The van der Waals surface area contributed by atoms with Gasteiger partial charge in [-0.1, -0.05) is 344 Å². The lowest BCUT2D eigenvalue weighted by Crippen LogP contribution is -2.30. The van der Waals surface area contributed by atoms with Crippen LogP contribution in [-0.2, 0) is 65.4 Å². The number of aliphatic hydroxyl groups excluding tert-OH is 1. The van der Waals surface area contributed by atoms with Gasteiger partial charge in [-0.2, -0.15) is 0 Å². The fraction of sp³-hybridized carbons (Fsp3) is 0.949. The molecule has 0 radical (unpaired) electrons. The van der Waals surface area contributed by atoms with Gasteiger partial charge in [-0.25, -0.2) is 9.13 Å². The Balaban J connectivity index is 5.22. The number of hydrogen-bond donors (Lipinski definition) is 3. The van der Waals surface area contributed by atoms with Gasteiger partial charge in [0, 0.05) is 25.7 Å². The predicted octanol–water partition coefficient (Wildman–Crippen LogP) is 22.8. The Kier molecular flexibility index (Phi) is 65.9. The Labute approximate surface area is 594 Å². The predicted molar refractivity (Wildman–Crippen MR) is 395 cm³/mol. The molecule has 5 unspecified atom stereocenters. The van der Waals surface area contributed by atoms with Gasteiger partial charge in [0.2, 0.25) is 0 Å². The fourth-order valence-electron chi connectivity index (χ4n) is 11.8. The minimum atomic E-state index is -4.96. The van der Waals surface area contributed by atoms with Gasteiger partial charge in [0.15, 0.2) is 12.2 Å². The van der Waals surface area contributed by atoms with Gasteiger partial charge in [0.05, 0.1) is 26.4 Å². The molecular formula is C78H152O17P2. The van der Waals surface area contributed by atoms with E-state index in [9.17, 15) is 43.2 Å². The van der Waals surface area contributed by atoms with Crippen LogP contribution < -0.4 is 0 Å². The maximum Gasteiger partial charge on any atom is 0.472 e. The molecule has 0 aromatic carbocycles. The number of ether oxygens (including phenoxy) is 4. The van der Waals surface area contributed by atoms with Crippen molar-refractivity contribution in [2.75, 3.05) is 39.6 Å². The molecule has 0 amide bonds. The SMILES string of the molecule is CCC(C)CCCCCCCCCCCCCCCCC(=O)O[C@H](COC(=O)CCCCCCCCCCCCCCCCCCC(C)C)COP(=O)(O)OCC(O)COP(=O)(O)OC[C@@H](COC(=O)CCCCCCCCCC(C)C)OC(=O)CCCCCCCCC(C)CC. The second kappa shape index (κ2) is 67.2. The Hall–Kier alpha value is -1.94. The van der Waals surface area contributed by atoms with E-state index in [0.717, 1.165) is 114 Å². The largest absolute Gasteiger partial charge is 0.472 e. The molecule has 7 atom stereocenters. The number of aliphatic hydroxyl groups is 1. The molecule has 0 aliphatic carbocycles. The number of carbonyl (C=O) groups is 4. The Morgan fingerprint density at radius 1 is 0.289 bits per heavy atom. The summed E-state index contributed by atoms with van der Waals surface area (Å²) >= 11 is 0. The zero-order valence-corrected chi connectivity index (χ0v) is 65.5. The first kappa shape index (κ1) is 95.1. The number of carbonyl (C=O) groups excluding carboxylic acids is 4. The molecule has 0 aliphatic heterocycles. The zero-order chi connectivity index (χ0) is 71.7. The second-order valence-electron chi connectivity index (χ2n) is 29.5. The molecule has 97 heavy (non-hydrogen) atoms. The molecule has 0 aromatic rings. The maximum absolute atomic E-state index is 13.1. The quantitative estimate of drug-likeness (QED) is 0.0222. The van der Waals surface area contributed by atoms with Gasteiger partial charge >= 0.3 is 39.5 Å². The van der Waals surface area contributed by atoms with Crippen molar-refractivity contribution in [2.45, 2.75) is 414 Å². The fourth-order valence-corrected chi connectivity index (χ4v) is 13.4. The van der Waals surface area contributed by atoms with Crippen LogP contribution in [0.25, 0.3) is 0 Å². The average Bonchev–Trinajstić information content (AvgIpc) is 1.26. The molecule has 0 heterocycles. The van der Waals surface area contributed by atoms with E-state index in [-0.39, 0.29) is 25.7 Å². The Morgan fingerprint density at radius 2 is 0.495 bits per heavy atom.